The number of rotatable bonds is 6. The second-order valence-corrected chi connectivity index (χ2v) is 6.86. The van der Waals surface area contributed by atoms with E-state index in [-0.39, 0.29) is 12.1 Å². The number of carbonyl (C=O) groups excluding carboxylic acids is 1. The molecule has 25 heavy (non-hydrogen) atoms. The standard InChI is InChI=1S/C19H27N5O/c1-15-12-24(13-16-6-4-3-5-7-16)14-18(15)22-19(25)20-10-8-17-9-11-21-23(17)2/h3-7,9,11,15,18H,8,10,12-14H2,1-2H3,(H2,20,22,25)/t15-,18+/m1/s1. The Balaban J connectivity index is 1.41. The summed E-state index contributed by atoms with van der Waals surface area (Å²) in [5.41, 5.74) is 2.43. The Morgan fingerprint density at radius 3 is 2.76 bits per heavy atom. The minimum atomic E-state index is -0.0828. The van der Waals surface area contributed by atoms with E-state index in [1.807, 2.05) is 23.9 Å². The number of likely N-dealkylation sites (tertiary alicyclic amines) is 1. The summed E-state index contributed by atoms with van der Waals surface area (Å²) in [5.74, 6) is 0.450. The predicted octanol–water partition coefficient (Wildman–Crippen LogP) is 1.78. The number of nitrogens with one attached hydrogen (secondary N) is 2. The van der Waals surface area contributed by atoms with Gasteiger partial charge in [-0.1, -0.05) is 37.3 Å². The van der Waals surface area contributed by atoms with Crippen LogP contribution in [0.25, 0.3) is 0 Å². The van der Waals surface area contributed by atoms with E-state index in [0.29, 0.717) is 12.5 Å². The summed E-state index contributed by atoms with van der Waals surface area (Å²) in [6.45, 7) is 5.65. The molecular formula is C19H27N5O. The molecule has 2 atom stereocenters. The number of aromatic nitrogens is 2. The summed E-state index contributed by atoms with van der Waals surface area (Å²) in [7, 11) is 1.91. The first-order valence-corrected chi connectivity index (χ1v) is 8.89. The van der Waals surface area contributed by atoms with Gasteiger partial charge in [0.05, 0.1) is 0 Å². The second-order valence-electron chi connectivity index (χ2n) is 6.86. The smallest absolute Gasteiger partial charge is 0.315 e. The van der Waals surface area contributed by atoms with Gasteiger partial charge >= 0.3 is 6.03 Å². The van der Waals surface area contributed by atoms with Crippen LogP contribution in [0.15, 0.2) is 42.6 Å². The number of carbonyl (C=O) groups is 1. The number of benzene rings is 1. The van der Waals surface area contributed by atoms with Crippen LogP contribution < -0.4 is 10.6 Å². The third-order valence-electron chi connectivity index (χ3n) is 4.84. The van der Waals surface area contributed by atoms with Crippen molar-refractivity contribution >= 4 is 6.03 Å². The van der Waals surface area contributed by atoms with Crippen LogP contribution in [0.3, 0.4) is 0 Å². The predicted molar refractivity (Wildman–Crippen MR) is 98.1 cm³/mol. The number of urea groups is 1. The molecule has 1 aromatic carbocycles. The maximum Gasteiger partial charge on any atom is 0.315 e. The molecule has 2 aromatic rings. The molecule has 134 valence electrons. The summed E-state index contributed by atoms with van der Waals surface area (Å²) in [4.78, 5) is 14.6. The third kappa shape index (κ3) is 4.82. The zero-order chi connectivity index (χ0) is 17.6. The number of hydrogen-bond donors (Lipinski definition) is 2. The average Bonchev–Trinajstić information content (AvgIpc) is 3.14. The molecule has 0 unspecified atom stereocenters. The summed E-state index contributed by atoms with van der Waals surface area (Å²) in [6.07, 6.45) is 2.56. The lowest BCUT2D eigenvalue weighted by molar-refractivity contribution is 0.234. The van der Waals surface area contributed by atoms with Crippen molar-refractivity contribution in [2.75, 3.05) is 19.6 Å². The zero-order valence-corrected chi connectivity index (χ0v) is 15.0. The first-order chi connectivity index (χ1) is 12.1. The highest BCUT2D eigenvalue weighted by Gasteiger charge is 2.30. The fourth-order valence-electron chi connectivity index (χ4n) is 3.40. The van der Waals surface area contributed by atoms with E-state index in [4.69, 9.17) is 0 Å². The number of amides is 2. The van der Waals surface area contributed by atoms with E-state index in [2.05, 4.69) is 51.8 Å². The molecule has 1 saturated heterocycles. The molecule has 0 radical (unpaired) electrons. The average molecular weight is 341 g/mol. The molecule has 6 nitrogen and oxygen atoms in total. The van der Waals surface area contributed by atoms with Gasteiger partial charge in [-0.3, -0.25) is 9.58 Å². The topological polar surface area (TPSA) is 62.2 Å². The monoisotopic (exact) mass is 341 g/mol. The molecule has 1 fully saturated rings. The fraction of sp³-hybridized carbons (Fsp3) is 0.474. The molecular weight excluding hydrogens is 314 g/mol. The highest BCUT2D eigenvalue weighted by Crippen LogP contribution is 2.18. The van der Waals surface area contributed by atoms with Gasteiger partial charge in [-0.25, -0.2) is 4.79 Å². The van der Waals surface area contributed by atoms with Crippen LogP contribution in [-0.4, -0.2) is 46.4 Å². The molecule has 0 bridgehead atoms. The molecule has 3 rings (SSSR count). The van der Waals surface area contributed by atoms with Crippen molar-refractivity contribution in [3.05, 3.63) is 53.9 Å². The Morgan fingerprint density at radius 2 is 2.04 bits per heavy atom. The van der Waals surface area contributed by atoms with Crippen molar-refractivity contribution in [3.8, 4) is 0 Å². The normalized spacial score (nSPS) is 20.6. The van der Waals surface area contributed by atoms with Gasteiger partial charge in [0.15, 0.2) is 0 Å². The Bertz CT molecular complexity index is 684. The number of hydrogen-bond acceptors (Lipinski definition) is 3. The van der Waals surface area contributed by atoms with Crippen molar-refractivity contribution in [3.63, 3.8) is 0 Å². The summed E-state index contributed by atoms with van der Waals surface area (Å²) in [6, 6.07) is 12.6. The Labute approximate surface area is 149 Å². The van der Waals surface area contributed by atoms with Crippen LogP contribution in [0.2, 0.25) is 0 Å². The summed E-state index contributed by atoms with van der Waals surface area (Å²) >= 11 is 0. The lowest BCUT2D eigenvalue weighted by Gasteiger charge is -2.18. The molecule has 0 spiro atoms. The molecule has 2 amide bonds. The maximum atomic E-state index is 12.2. The lowest BCUT2D eigenvalue weighted by Crippen LogP contribution is -2.45. The molecule has 6 heteroatoms. The van der Waals surface area contributed by atoms with E-state index in [9.17, 15) is 4.79 Å². The molecule has 0 aliphatic carbocycles. The van der Waals surface area contributed by atoms with Crippen molar-refractivity contribution in [1.29, 1.82) is 0 Å². The van der Waals surface area contributed by atoms with Crippen LogP contribution >= 0.6 is 0 Å². The van der Waals surface area contributed by atoms with Crippen molar-refractivity contribution in [2.45, 2.75) is 25.9 Å². The lowest BCUT2D eigenvalue weighted by atomic mass is 10.1. The van der Waals surface area contributed by atoms with Gasteiger partial charge in [0.25, 0.3) is 0 Å². The van der Waals surface area contributed by atoms with Gasteiger partial charge in [-0.15, -0.1) is 0 Å². The quantitative estimate of drug-likeness (QED) is 0.842. The summed E-state index contributed by atoms with van der Waals surface area (Å²) in [5, 5.41) is 10.2. The minimum Gasteiger partial charge on any atom is -0.338 e. The second kappa shape index (κ2) is 8.16. The van der Waals surface area contributed by atoms with E-state index >= 15 is 0 Å². The van der Waals surface area contributed by atoms with Crippen molar-refractivity contribution in [1.82, 2.24) is 25.3 Å². The Morgan fingerprint density at radius 1 is 1.24 bits per heavy atom. The van der Waals surface area contributed by atoms with Crippen molar-refractivity contribution in [2.24, 2.45) is 13.0 Å². The molecule has 1 aromatic heterocycles. The van der Waals surface area contributed by atoms with Crippen LogP contribution in [0, 0.1) is 5.92 Å². The number of aryl methyl sites for hydroxylation is 1. The minimum absolute atomic E-state index is 0.0828. The van der Waals surface area contributed by atoms with Crippen molar-refractivity contribution < 1.29 is 4.79 Å². The maximum absolute atomic E-state index is 12.2. The first-order valence-electron chi connectivity index (χ1n) is 8.89. The van der Waals surface area contributed by atoms with E-state index < -0.39 is 0 Å². The Kier molecular flexibility index (Phi) is 5.71. The SMILES string of the molecule is C[C@@H]1CN(Cc2ccccc2)C[C@@H]1NC(=O)NCCc1ccnn1C. The van der Waals surface area contributed by atoms with Crippen LogP contribution in [0.4, 0.5) is 4.79 Å². The molecule has 1 aliphatic rings. The molecule has 2 N–H and O–H groups in total. The van der Waals surface area contributed by atoms with E-state index in [1.165, 1.54) is 5.56 Å². The van der Waals surface area contributed by atoms with Gasteiger partial charge in [0.1, 0.15) is 0 Å². The Hall–Kier alpha value is -2.34. The van der Waals surface area contributed by atoms with Gasteiger partial charge < -0.3 is 10.6 Å². The molecule has 1 aliphatic heterocycles. The fourth-order valence-corrected chi connectivity index (χ4v) is 3.40. The van der Waals surface area contributed by atoms with Gasteiger partial charge in [0, 0.05) is 57.6 Å². The summed E-state index contributed by atoms with van der Waals surface area (Å²) < 4.78 is 1.83. The van der Waals surface area contributed by atoms with E-state index in [0.717, 1.165) is 31.7 Å². The van der Waals surface area contributed by atoms with Crippen LogP contribution in [0.5, 0.6) is 0 Å². The highest BCUT2D eigenvalue weighted by atomic mass is 16.2. The molecule has 0 saturated carbocycles. The van der Waals surface area contributed by atoms with Gasteiger partial charge in [0.2, 0.25) is 0 Å². The van der Waals surface area contributed by atoms with Gasteiger partial charge in [-0.2, -0.15) is 5.10 Å². The van der Waals surface area contributed by atoms with Crippen LogP contribution in [0.1, 0.15) is 18.2 Å². The zero-order valence-electron chi connectivity index (χ0n) is 15.0. The van der Waals surface area contributed by atoms with Gasteiger partial charge in [-0.05, 0) is 17.5 Å². The largest absolute Gasteiger partial charge is 0.338 e. The van der Waals surface area contributed by atoms with E-state index in [1.54, 1.807) is 6.20 Å². The molecule has 2 heterocycles. The highest BCUT2D eigenvalue weighted by molar-refractivity contribution is 5.74. The van der Waals surface area contributed by atoms with Crippen LogP contribution in [-0.2, 0) is 20.0 Å². The number of nitrogens with zero attached hydrogens (tertiary/aromatic N) is 3. The third-order valence-corrected chi connectivity index (χ3v) is 4.84. The first kappa shape index (κ1) is 17.5.